The van der Waals surface area contributed by atoms with Gasteiger partial charge in [0.05, 0.1) is 0 Å². The lowest BCUT2D eigenvalue weighted by molar-refractivity contribution is 0.356. The SMILES string of the molecule is CC1(c2noc(C3Cc4ccccc4N3)n2)CC1. The monoisotopic (exact) mass is 241 g/mol. The molecule has 0 spiro atoms. The van der Waals surface area contributed by atoms with Crippen molar-refractivity contribution in [2.75, 3.05) is 5.32 Å². The number of para-hydroxylation sites is 1. The lowest BCUT2D eigenvalue weighted by Crippen LogP contribution is -2.07. The van der Waals surface area contributed by atoms with Gasteiger partial charge in [0.15, 0.2) is 5.82 Å². The van der Waals surface area contributed by atoms with Gasteiger partial charge in [-0.05, 0) is 24.5 Å². The molecule has 0 saturated heterocycles. The van der Waals surface area contributed by atoms with Crippen LogP contribution in [0.15, 0.2) is 28.8 Å². The van der Waals surface area contributed by atoms with E-state index in [0.29, 0.717) is 5.89 Å². The number of aromatic nitrogens is 2. The van der Waals surface area contributed by atoms with Crippen molar-refractivity contribution in [3.63, 3.8) is 0 Å². The molecule has 0 amide bonds. The Morgan fingerprint density at radius 1 is 1.33 bits per heavy atom. The molecule has 1 aliphatic carbocycles. The van der Waals surface area contributed by atoms with Gasteiger partial charge in [0.25, 0.3) is 0 Å². The van der Waals surface area contributed by atoms with Gasteiger partial charge in [0.2, 0.25) is 5.89 Å². The Bertz CT molecular complexity index is 576. The zero-order valence-electron chi connectivity index (χ0n) is 10.3. The highest BCUT2D eigenvalue weighted by Gasteiger charge is 2.44. The van der Waals surface area contributed by atoms with Gasteiger partial charge < -0.3 is 9.84 Å². The largest absolute Gasteiger partial charge is 0.373 e. The second-order valence-corrected chi connectivity index (χ2v) is 5.58. The van der Waals surface area contributed by atoms with Crippen LogP contribution in [0.2, 0.25) is 0 Å². The molecule has 2 aromatic rings. The van der Waals surface area contributed by atoms with Gasteiger partial charge in [-0.15, -0.1) is 0 Å². The van der Waals surface area contributed by atoms with E-state index in [1.54, 1.807) is 0 Å². The average Bonchev–Trinajstić information content (AvgIpc) is 2.88. The smallest absolute Gasteiger partial charge is 0.249 e. The number of benzene rings is 1. The predicted molar refractivity (Wildman–Crippen MR) is 67.4 cm³/mol. The Morgan fingerprint density at radius 3 is 2.94 bits per heavy atom. The van der Waals surface area contributed by atoms with Crippen LogP contribution in [0.4, 0.5) is 5.69 Å². The number of hydrogen-bond acceptors (Lipinski definition) is 4. The van der Waals surface area contributed by atoms with Crippen LogP contribution in [-0.4, -0.2) is 10.1 Å². The molecule has 4 rings (SSSR count). The van der Waals surface area contributed by atoms with Crippen LogP contribution in [0.1, 0.15) is 43.1 Å². The fraction of sp³-hybridized carbons (Fsp3) is 0.429. The molecule has 1 N–H and O–H groups in total. The van der Waals surface area contributed by atoms with Crippen molar-refractivity contribution < 1.29 is 4.52 Å². The molecule has 1 unspecified atom stereocenters. The minimum atomic E-state index is 0.131. The summed E-state index contributed by atoms with van der Waals surface area (Å²) in [5, 5.41) is 7.57. The van der Waals surface area contributed by atoms with E-state index in [9.17, 15) is 0 Å². The van der Waals surface area contributed by atoms with Crippen molar-refractivity contribution in [3.8, 4) is 0 Å². The van der Waals surface area contributed by atoms with Gasteiger partial charge in [-0.25, -0.2) is 0 Å². The highest BCUT2D eigenvalue weighted by atomic mass is 16.5. The first-order valence-electron chi connectivity index (χ1n) is 6.43. The Labute approximate surface area is 105 Å². The van der Waals surface area contributed by atoms with E-state index in [-0.39, 0.29) is 11.5 Å². The van der Waals surface area contributed by atoms with Crippen LogP contribution in [0.25, 0.3) is 0 Å². The topological polar surface area (TPSA) is 51.0 Å². The summed E-state index contributed by atoms with van der Waals surface area (Å²) >= 11 is 0. The molecule has 1 aromatic heterocycles. The first-order valence-corrected chi connectivity index (χ1v) is 6.43. The van der Waals surface area contributed by atoms with Gasteiger partial charge in [0, 0.05) is 17.5 Å². The van der Waals surface area contributed by atoms with Gasteiger partial charge in [-0.3, -0.25) is 0 Å². The molecule has 1 atom stereocenters. The van der Waals surface area contributed by atoms with Crippen molar-refractivity contribution in [2.24, 2.45) is 0 Å². The van der Waals surface area contributed by atoms with Gasteiger partial charge >= 0.3 is 0 Å². The molecule has 18 heavy (non-hydrogen) atoms. The summed E-state index contributed by atoms with van der Waals surface area (Å²) in [6, 6.07) is 8.47. The summed E-state index contributed by atoms with van der Waals surface area (Å²) in [7, 11) is 0. The molecule has 2 heterocycles. The van der Waals surface area contributed by atoms with E-state index in [2.05, 4.69) is 40.6 Å². The van der Waals surface area contributed by atoms with Crippen LogP contribution < -0.4 is 5.32 Å². The maximum Gasteiger partial charge on any atom is 0.249 e. The fourth-order valence-corrected chi connectivity index (χ4v) is 2.48. The maximum atomic E-state index is 5.42. The minimum absolute atomic E-state index is 0.131. The highest BCUT2D eigenvalue weighted by molar-refractivity contribution is 5.56. The number of anilines is 1. The Morgan fingerprint density at radius 2 is 2.17 bits per heavy atom. The molecule has 4 heteroatoms. The Hall–Kier alpha value is -1.84. The second kappa shape index (κ2) is 3.34. The third kappa shape index (κ3) is 1.45. The summed E-state index contributed by atoms with van der Waals surface area (Å²) in [6.07, 6.45) is 3.27. The minimum Gasteiger partial charge on any atom is -0.373 e. The number of hydrogen-bond donors (Lipinski definition) is 1. The van der Waals surface area contributed by atoms with Crippen LogP contribution >= 0.6 is 0 Å². The van der Waals surface area contributed by atoms with Crippen LogP contribution in [-0.2, 0) is 11.8 Å². The average molecular weight is 241 g/mol. The van der Waals surface area contributed by atoms with E-state index in [0.717, 1.165) is 12.2 Å². The van der Waals surface area contributed by atoms with Crippen molar-refractivity contribution in [1.29, 1.82) is 0 Å². The zero-order valence-corrected chi connectivity index (χ0v) is 10.3. The molecule has 1 aromatic carbocycles. The Kier molecular flexibility index (Phi) is 1.88. The van der Waals surface area contributed by atoms with Gasteiger partial charge in [-0.2, -0.15) is 4.98 Å². The van der Waals surface area contributed by atoms with E-state index in [1.165, 1.54) is 24.1 Å². The lowest BCUT2D eigenvalue weighted by atomic mass is 10.1. The molecule has 0 radical (unpaired) electrons. The molecule has 2 aliphatic rings. The second-order valence-electron chi connectivity index (χ2n) is 5.58. The van der Waals surface area contributed by atoms with E-state index in [4.69, 9.17) is 4.52 Å². The summed E-state index contributed by atoms with van der Waals surface area (Å²) in [5.74, 6) is 1.59. The Balaban J connectivity index is 1.61. The molecule has 0 bridgehead atoms. The predicted octanol–water partition coefficient (Wildman–Crippen LogP) is 2.83. The van der Waals surface area contributed by atoms with Crippen LogP contribution in [0.5, 0.6) is 0 Å². The van der Waals surface area contributed by atoms with Crippen LogP contribution in [0.3, 0.4) is 0 Å². The highest BCUT2D eigenvalue weighted by Crippen LogP contribution is 2.46. The number of nitrogens with zero attached hydrogens (tertiary/aromatic N) is 2. The van der Waals surface area contributed by atoms with Gasteiger partial charge in [-0.1, -0.05) is 30.3 Å². The zero-order chi connectivity index (χ0) is 12.2. The van der Waals surface area contributed by atoms with Crippen molar-refractivity contribution in [1.82, 2.24) is 10.1 Å². The maximum absolute atomic E-state index is 5.42. The molecule has 1 aliphatic heterocycles. The van der Waals surface area contributed by atoms with Crippen molar-refractivity contribution >= 4 is 5.69 Å². The molecular formula is C14H15N3O. The van der Waals surface area contributed by atoms with E-state index in [1.807, 2.05) is 6.07 Å². The summed E-state index contributed by atoms with van der Waals surface area (Å²) in [5.41, 5.74) is 2.67. The molecule has 1 saturated carbocycles. The third-order valence-corrected chi connectivity index (χ3v) is 4.05. The van der Waals surface area contributed by atoms with E-state index >= 15 is 0 Å². The third-order valence-electron chi connectivity index (χ3n) is 4.05. The molecule has 1 fully saturated rings. The number of nitrogens with one attached hydrogen (secondary N) is 1. The molecule has 92 valence electrons. The standard InChI is InChI=1S/C14H15N3O/c1-14(6-7-14)13-16-12(18-17-13)11-8-9-4-2-3-5-10(9)15-11/h2-5,11,15H,6-8H2,1H3. The summed E-state index contributed by atoms with van der Waals surface area (Å²) in [4.78, 5) is 4.57. The number of rotatable bonds is 2. The quantitative estimate of drug-likeness (QED) is 0.878. The summed E-state index contributed by atoms with van der Waals surface area (Å²) < 4.78 is 5.42. The van der Waals surface area contributed by atoms with Crippen LogP contribution in [0, 0.1) is 0 Å². The first-order chi connectivity index (χ1) is 8.74. The fourth-order valence-electron chi connectivity index (χ4n) is 2.48. The molecule has 4 nitrogen and oxygen atoms in total. The first kappa shape index (κ1) is 10.1. The number of fused-ring (bicyclic) bond motifs is 1. The molecular weight excluding hydrogens is 226 g/mol. The van der Waals surface area contributed by atoms with E-state index < -0.39 is 0 Å². The van der Waals surface area contributed by atoms with Crippen molar-refractivity contribution in [2.45, 2.75) is 37.6 Å². The lowest BCUT2D eigenvalue weighted by Gasteiger charge is -2.04. The summed E-state index contributed by atoms with van der Waals surface area (Å²) in [6.45, 7) is 2.19. The van der Waals surface area contributed by atoms with Gasteiger partial charge in [0.1, 0.15) is 6.04 Å². The normalized spacial score (nSPS) is 23.5. The van der Waals surface area contributed by atoms with Crippen molar-refractivity contribution in [3.05, 3.63) is 41.5 Å².